The van der Waals surface area contributed by atoms with Crippen molar-refractivity contribution in [3.8, 4) is 0 Å². The highest BCUT2D eigenvalue weighted by Crippen LogP contribution is 2.64. The van der Waals surface area contributed by atoms with Crippen LogP contribution in [0.3, 0.4) is 0 Å². The zero-order chi connectivity index (χ0) is 19.9. The maximum atomic E-state index is 12.1. The Balaban J connectivity index is 1.49. The lowest BCUT2D eigenvalue weighted by atomic mass is 9.49. The first kappa shape index (κ1) is 20.4. The molecular weight excluding hydrogens is 352 g/mol. The molecule has 158 valence electrons. The predicted octanol–water partition coefficient (Wildman–Crippen LogP) is 4.51. The molecule has 4 aliphatic rings. The second-order valence-corrected chi connectivity index (χ2v) is 10.3. The molecule has 1 N–H and O–H groups in total. The molecule has 4 saturated carbocycles. The number of aliphatic hydroxyl groups is 1. The van der Waals surface area contributed by atoms with Crippen molar-refractivity contribution in [1.82, 2.24) is 0 Å². The van der Waals surface area contributed by atoms with Crippen molar-refractivity contribution in [3.05, 3.63) is 11.6 Å². The third-order valence-corrected chi connectivity index (χ3v) is 8.94. The molecule has 0 radical (unpaired) electrons. The number of hydrogen-bond acceptors (Lipinski definition) is 4. The highest BCUT2D eigenvalue weighted by molar-refractivity contribution is 5.83. The van der Waals surface area contributed by atoms with Gasteiger partial charge in [0.1, 0.15) is 0 Å². The van der Waals surface area contributed by atoms with Gasteiger partial charge in [0.15, 0.2) is 0 Å². The molecule has 0 spiro atoms. The van der Waals surface area contributed by atoms with Gasteiger partial charge >= 0.3 is 5.97 Å². The Kier molecular flexibility index (Phi) is 5.65. The van der Waals surface area contributed by atoms with E-state index < -0.39 is 5.60 Å². The fourth-order valence-corrected chi connectivity index (χ4v) is 7.77. The molecule has 4 heteroatoms. The van der Waals surface area contributed by atoms with Gasteiger partial charge in [-0.2, -0.15) is 0 Å². The normalized spacial score (nSPS) is 46.6. The number of carbonyl (C=O) groups is 1. The third-order valence-electron chi connectivity index (χ3n) is 8.94. The standard InChI is InChI=1S/C24H38O4/c1-4-28-22(25)13-17-6-8-21-20-7-5-16-14-24(26,15-27-3)12-10-18(16)19(20)9-11-23(17,21)2/h13,16,18-21,26H,4-12,14-15H2,1-3H3/b17-13+/t16?,18?,19-,20-,21+,23-,24-/m1/s1. The van der Waals surface area contributed by atoms with E-state index in [-0.39, 0.29) is 11.4 Å². The van der Waals surface area contributed by atoms with Crippen LogP contribution in [-0.2, 0) is 14.3 Å². The molecule has 4 fully saturated rings. The van der Waals surface area contributed by atoms with Crippen molar-refractivity contribution in [1.29, 1.82) is 0 Å². The van der Waals surface area contributed by atoms with E-state index in [1.807, 2.05) is 13.0 Å². The Bertz CT molecular complexity index is 628. The fraction of sp³-hybridized carbons (Fsp3) is 0.875. The number of esters is 1. The van der Waals surface area contributed by atoms with Crippen molar-refractivity contribution in [2.45, 2.75) is 77.2 Å². The number of methoxy groups -OCH3 is 1. The minimum absolute atomic E-state index is 0.157. The Morgan fingerprint density at radius 3 is 2.68 bits per heavy atom. The molecule has 0 saturated heterocycles. The van der Waals surface area contributed by atoms with Crippen molar-refractivity contribution < 1.29 is 19.4 Å². The molecule has 0 amide bonds. The van der Waals surface area contributed by atoms with Gasteiger partial charge in [0, 0.05) is 13.2 Å². The second kappa shape index (κ2) is 7.75. The summed E-state index contributed by atoms with van der Waals surface area (Å²) in [6, 6.07) is 0. The number of rotatable bonds is 4. The van der Waals surface area contributed by atoms with E-state index in [0.717, 1.165) is 43.4 Å². The second-order valence-electron chi connectivity index (χ2n) is 10.3. The Morgan fingerprint density at radius 2 is 1.93 bits per heavy atom. The zero-order valence-electron chi connectivity index (χ0n) is 17.9. The maximum absolute atomic E-state index is 12.1. The molecule has 4 aliphatic carbocycles. The maximum Gasteiger partial charge on any atom is 0.330 e. The van der Waals surface area contributed by atoms with Crippen LogP contribution >= 0.6 is 0 Å². The molecule has 4 rings (SSSR count). The Labute approximate surface area is 170 Å². The molecule has 4 nitrogen and oxygen atoms in total. The monoisotopic (exact) mass is 390 g/mol. The van der Waals surface area contributed by atoms with Crippen LogP contribution in [0.1, 0.15) is 71.6 Å². The van der Waals surface area contributed by atoms with Gasteiger partial charge < -0.3 is 14.6 Å². The van der Waals surface area contributed by atoms with Gasteiger partial charge in [0.2, 0.25) is 0 Å². The molecule has 28 heavy (non-hydrogen) atoms. The smallest absolute Gasteiger partial charge is 0.330 e. The van der Waals surface area contributed by atoms with Crippen LogP contribution in [0.25, 0.3) is 0 Å². The van der Waals surface area contributed by atoms with Crippen LogP contribution in [0.4, 0.5) is 0 Å². The van der Waals surface area contributed by atoms with Gasteiger partial charge in [-0.3, -0.25) is 0 Å². The first-order chi connectivity index (χ1) is 13.4. The van der Waals surface area contributed by atoms with E-state index in [9.17, 15) is 9.90 Å². The Hall–Kier alpha value is -0.870. The van der Waals surface area contributed by atoms with E-state index in [4.69, 9.17) is 9.47 Å². The molecule has 0 aromatic rings. The number of fused-ring (bicyclic) bond motifs is 5. The lowest BCUT2D eigenvalue weighted by Gasteiger charge is -2.56. The van der Waals surface area contributed by atoms with E-state index in [0.29, 0.717) is 25.0 Å². The first-order valence-electron chi connectivity index (χ1n) is 11.5. The highest BCUT2D eigenvalue weighted by atomic mass is 16.5. The average molecular weight is 391 g/mol. The largest absolute Gasteiger partial charge is 0.463 e. The Morgan fingerprint density at radius 1 is 1.14 bits per heavy atom. The van der Waals surface area contributed by atoms with Gasteiger partial charge in [0.05, 0.1) is 18.8 Å². The number of ether oxygens (including phenoxy) is 2. The van der Waals surface area contributed by atoms with E-state index >= 15 is 0 Å². The summed E-state index contributed by atoms with van der Waals surface area (Å²) in [4.78, 5) is 12.1. The molecule has 0 aromatic heterocycles. The van der Waals surface area contributed by atoms with Crippen molar-refractivity contribution in [2.24, 2.45) is 35.0 Å². The van der Waals surface area contributed by atoms with Gasteiger partial charge in [-0.05, 0) is 99.7 Å². The van der Waals surface area contributed by atoms with Gasteiger partial charge in [-0.25, -0.2) is 4.79 Å². The minimum atomic E-state index is -0.602. The zero-order valence-corrected chi connectivity index (χ0v) is 17.9. The number of allylic oxidation sites excluding steroid dienone is 1. The molecule has 0 aromatic carbocycles. The quantitative estimate of drug-likeness (QED) is 0.567. The SMILES string of the molecule is CCOC(=O)/C=C1\CC[C@H]2[C@@H]3CCC4C[C@@](O)(COC)CCC4[C@H]3CC[C@]12C. The molecule has 0 aliphatic heterocycles. The van der Waals surface area contributed by atoms with Crippen molar-refractivity contribution in [3.63, 3.8) is 0 Å². The molecule has 7 atom stereocenters. The number of carbonyl (C=O) groups excluding carboxylic acids is 1. The number of hydrogen-bond donors (Lipinski definition) is 1. The summed E-state index contributed by atoms with van der Waals surface area (Å²) in [7, 11) is 1.70. The lowest BCUT2D eigenvalue weighted by molar-refractivity contribution is -0.137. The summed E-state index contributed by atoms with van der Waals surface area (Å²) in [5, 5.41) is 10.9. The van der Waals surface area contributed by atoms with Crippen LogP contribution < -0.4 is 0 Å². The summed E-state index contributed by atoms with van der Waals surface area (Å²) >= 11 is 0. The molecule has 0 heterocycles. The topological polar surface area (TPSA) is 55.8 Å². The van der Waals surface area contributed by atoms with Gasteiger partial charge in [0.25, 0.3) is 0 Å². The van der Waals surface area contributed by atoms with Crippen LogP contribution in [0.5, 0.6) is 0 Å². The molecule has 2 unspecified atom stereocenters. The summed E-state index contributed by atoms with van der Waals surface area (Å²) in [6.07, 6.45) is 12.1. The van der Waals surface area contributed by atoms with E-state index in [2.05, 4.69) is 6.92 Å². The lowest BCUT2D eigenvalue weighted by Crippen LogP contribution is -2.51. The van der Waals surface area contributed by atoms with Crippen LogP contribution in [0.2, 0.25) is 0 Å². The first-order valence-corrected chi connectivity index (χ1v) is 11.5. The van der Waals surface area contributed by atoms with Crippen molar-refractivity contribution >= 4 is 5.97 Å². The molecule has 0 bridgehead atoms. The summed E-state index contributed by atoms with van der Waals surface area (Å²) in [6.45, 7) is 5.21. The highest BCUT2D eigenvalue weighted by Gasteiger charge is 2.56. The fourth-order valence-electron chi connectivity index (χ4n) is 7.77. The van der Waals surface area contributed by atoms with Crippen LogP contribution in [0, 0.1) is 35.0 Å². The van der Waals surface area contributed by atoms with E-state index in [1.54, 1.807) is 7.11 Å². The van der Waals surface area contributed by atoms with Crippen LogP contribution in [0.15, 0.2) is 11.6 Å². The summed E-state index contributed by atoms with van der Waals surface area (Å²) in [5.41, 5.74) is 0.927. The van der Waals surface area contributed by atoms with E-state index in [1.165, 1.54) is 37.7 Å². The van der Waals surface area contributed by atoms with Crippen molar-refractivity contribution in [2.75, 3.05) is 20.3 Å². The summed E-state index contributed by atoms with van der Waals surface area (Å²) < 4.78 is 10.5. The summed E-state index contributed by atoms with van der Waals surface area (Å²) in [5.74, 6) is 3.60. The third kappa shape index (κ3) is 3.45. The average Bonchev–Trinajstić information content (AvgIpc) is 2.98. The van der Waals surface area contributed by atoms with Gasteiger partial charge in [-0.1, -0.05) is 12.5 Å². The molecular formula is C24H38O4. The minimum Gasteiger partial charge on any atom is -0.463 e. The van der Waals surface area contributed by atoms with Gasteiger partial charge in [-0.15, -0.1) is 0 Å². The predicted molar refractivity (Wildman–Crippen MR) is 109 cm³/mol. The van der Waals surface area contributed by atoms with Crippen LogP contribution in [-0.4, -0.2) is 37.0 Å².